The molecule has 20 heavy (non-hydrogen) atoms. The zero-order chi connectivity index (χ0) is 14.7. The second-order valence-corrected chi connectivity index (χ2v) is 5.13. The zero-order valence-corrected chi connectivity index (χ0v) is 12.5. The van der Waals surface area contributed by atoms with Gasteiger partial charge in [-0.05, 0) is 49.6 Å². The van der Waals surface area contributed by atoms with E-state index in [9.17, 15) is 0 Å². The predicted octanol–water partition coefficient (Wildman–Crippen LogP) is 3.78. The predicted molar refractivity (Wildman–Crippen MR) is 82.4 cm³/mol. The number of nitrogen functional groups attached to an aromatic ring is 1. The highest BCUT2D eigenvalue weighted by molar-refractivity contribution is 5.48. The third-order valence-electron chi connectivity index (χ3n) is 3.21. The minimum absolute atomic E-state index is 0.478. The van der Waals surface area contributed by atoms with E-state index in [4.69, 9.17) is 15.2 Å². The lowest BCUT2D eigenvalue weighted by Gasteiger charge is -2.14. The molecule has 0 aromatic heterocycles. The lowest BCUT2D eigenvalue weighted by Crippen LogP contribution is -2.01. The molecule has 0 unspecified atom stereocenters. The molecular weight excluding hydrogens is 250 g/mol. The summed E-state index contributed by atoms with van der Waals surface area (Å²) in [4.78, 5) is 0. The smallest absolute Gasteiger partial charge is 0.125 e. The highest BCUT2D eigenvalue weighted by atomic mass is 16.5. The van der Waals surface area contributed by atoms with Crippen LogP contribution in [-0.4, -0.2) is 7.11 Å². The summed E-state index contributed by atoms with van der Waals surface area (Å²) in [6, 6.07) is 9.90. The number of ether oxygens (including phenoxy) is 2. The van der Waals surface area contributed by atoms with Gasteiger partial charge in [-0.25, -0.2) is 0 Å². The van der Waals surface area contributed by atoms with E-state index in [0.717, 1.165) is 28.2 Å². The van der Waals surface area contributed by atoms with Crippen molar-refractivity contribution in [2.24, 2.45) is 0 Å². The first kappa shape index (κ1) is 14.3. The molecule has 2 aromatic carbocycles. The van der Waals surface area contributed by atoms with Crippen molar-refractivity contribution in [3.05, 3.63) is 52.6 Å². The van der Waals surface area contributed by atoms with Gasteiger partial charge in [-0.1, -0.05) is 17.7 Å². The van der Waals surface area contributed by atoms with E-state index in [1.807, 2.05) is 12.1 Å². The van der Waals surface area contributed by atoms with E-state index in [1.165, 1.54) is 5.56 Å². The highest BCUT2D eigenvalue weighted by Crippen LogP contribution is 2.26. The van der Waals surface area contributed by atoms with Crippen LogP contribution in [0.5, 0.6) is 11.5 Å². The van der Waals surface area contributed by atoms with E-state index in [0.29, 0.717) is 12.3 Å². The standard InChI is InChI=1S/C17H21NO2/c1-11-5-12(2)17(13(3)6-11)20-10-14-7-15(18)9-16(8-14)19-4/h5-9H,10,18H2,1-4H3. The molecule has 2 aromatic rings. The first-order valence-corrected chi connectivity index (χ1v) is 6.63. The van der Waals surface area contributed by atoms with Gasteiger partial charge in [0.15, 0.2) is 0 Å². The molecule has 0 saturated heterocycles. The minimum atomic E-state index is 0.478. The Labute approximate surface area is 120 Å². The van der Waals surface area contributed by atoms with Gasteiger partial charge in [0.25, 0.3) is 0 Å². The Morgan fingerprint density at radius 1 is 0.950 bits per heavy atom. The average Bonchev–Trinajstić information content (AvgIpc) is 2.36. The molecular formula is C17H21NO2. The quantitative estimate of drug-likeness (QED) is 0.861. The van der Waals surface area contributed by atoms with Gasteiger partial charge < -0.3 is 15.2 Å². The Bertz CT molecular complexity index is 597. The Morgan fingerprint density at radius 3 is 2.20 bits per heavy atom. The summed E-state index contributed by atoms with van der Waals surface area (Å²) >= 11 is 0. The molecule has 0 saturated carbocycles. The van der Waals surface area contributed by atoms with Gasteiger partial charge >= 0.3 is 0 Å². The minimum Gasteiger partial charge on any atom is -0.497 e. The number of hydrogen-bond acceptors (Lipinski definition) is 3. The van der Waals surface area contributed by atoms with Crippen molar-refractivity contribution in [1.82, 2.24) is 0 Å². The van der Waals surface area contributed by atoms with Crippen LogP contribution in [0.2, 0.25) is 0 Å². The van der Waals surface area contributed by atoms with Crippen molar-refractivity contribution in [2.45, 2.75) is 27.4 Å². The van der Waals surface area contributed by atoms with Crippen LogP contribution in [0.3, 0.4) is 0 Å². The number of methoxy groups -OCH3 is 1. The molecule has 0 aliphatic heterocycles. The van der Waals surface area contributed by atoms with Crippen LogP contribution in [0.1, 0.15) is 22.3 Å². The molecule has 0 fully saturated rings. The topological polar surface area (TPSA) is 44.5 Å². The molecule has 0 heterocycles. The van der Waals surface area contributed by atoms with Crippen molar-refractivity contribution >= 4 is 5.69 Å². The number of anilines is 1. The first-order valence-electron chi connectivity index (χ1n) is 6.63. The van der Waals surface area contributed by atoms with Crippen LogP contribution in [0.25, 0.3) is 0 Å². The van der Waals surface area contributed by atoms with Gasteiger partial charge in [-0.15, -0.1) is 0 Å². The molecule has 3 nitrogen and oxygen atoms in total. The van der Waals surface area contributed by atoms with E-state index >= 15 is 0 Å². The van der Waals surface area contributed by atoms with E-state index < -0.39 is 0 Å². The Hall–Kier alpha value is -2.16. The molecule has 0 aliphatic rings. The Morgan fingerprint density at radius 2 is 1.60 bits per heavy atom. The fourth-order valence-corrected chi connectivity index (χ4v) is 2.44. The van der Waals surface area contributed by atoms with Crippen LogP contribution in [-0.2, 0) is 6.61 Å². The van der Waals surface area contributed by atoms with Crippen molar-refractivity contribution in [3.63, 3.8) is 0 Å². The van der Waals surface area contributed by atoms with Crippen molar-refractivity contribution in [1.29, 1.82) is 0 Å². The van der Waals surface area contributed by atoms with Gasteiger partial charge in [0, 0.05) is 11.8 Å². The lowest BCUT2D eigenvalue weighted by molar-refractivity contribution is 0.301. The maximum absolute atomic E-state index is 5.95. The molecule has 0 amide bonds. The summed E-state index contributed by atoms with van der Waals surface area (Å²) in [7, 11) is 1.63. The lowest BCUT2D eigenvalue weighted by atomic mass is 10.1. The Kier molecular flexibility index (Phi) is 4.18. The van der Waals surface area contributed by atoms with Crippen molar-refractivity contribution in [2.75, 3.05) is 12.8 Å². The summed E-state index contributed by atoms with van der Waals surface area (Å²) in [5.74, 6) is 1.69. The van der Waals surface area contributed by atoms with Crippen LogP contribution >= 0.6 is 0 Å². The normalized spacial score (nSPS) is 10.4. The molecule has 0 aliphatic carbocycles. The molecule has 3 heteroatoms. The summed E-state index contributed by atoms with van der Waals surface area (Å²) in [5.41, 5.74) is 11.1. The van der Waals surface area contributed by atoms with E-state index in [2.05, 4.69) is 32.9 Å². The monoisotopic (exact) mass is 271 g/mol. The van der Waals surface area contributed by atoms with E-state index in [1.54, 1.807) is 13.2 Å². The van der Waals surface area contributed by atoms with Gasteiger partial charge in [-0.3, -0.25) is 0 Å². The number of hydrogen-bond donors (Lipinski definition) is 1. The van der Waals surface area contributed by atoms with Gasteiger partial charge in [0.2, 0.25) is 0 Å². The maximum atomic E-state index is 5.95. The largest absolute Gasteiger partial charge is 0.497 e. The first-order chi connectivity index (χ1) is 9.49. The number of rotatable bonds is 4. The average molecular weight is 271 g/mol. The molecule has 0 bridgehead atoms. The van der Waals surface area contributed by atoms with Crippen LogP contribution in [0, 0.1) is 20.8 Å². The number of benzene rings is 2. The molecule has 106 valence electrons. The van der Waals surface area contributed by atoms with E-state index in [-0.39, 0.29) is 0 Å². The van der Waals surface area contributed by atoms with Gasteiger partial charge in [0.05, 0.1) is 7.11 Å². The van der Waals surface area contributed by atoms with Crippen molar-refractivity contribution in [3.8, 4) is 11.5 Å². The highest BCUT2D eigenvalue weighted by Gasteiger charge is 2.06. The molecule has 0 radical (unpaired) electrons. The molecule has 2 rings (SSSR count). The van der Waals surface area contributed by atoms with Crippen LogP contribution < -0.4 is 15.2 Å². The summed E-state index contributed by atoms with van der Waals surface area (Å²) in [6.07, 6.45) is 0. The number of aryl methyl sites for hydroxylation is 3. The Balaban J connectivity index is 2.19. The SMILES string of the molecule is COc1cc(N)cc(COc2c(C)cc(C)cc2C)c1. The van der Waals surface area contributed by atoms with Crippen LogP contribution in [0.4, 0.5) is 5.69 Å². The fourth-order valence-electron chi connectivity index (χ4n) is 2.44. The third kappa shape index (κ3) is 3.23. The van der Waals surface area contributed by atoms with Crippen LogP contribution in [0.15, 0.2) is 30.3 Å². The summed E-state index contributed by atoms with van der Waals surface area (Å²) in [5, 5.41) is 0. The molecule has 2 N–H and O–H groups in total. The second kappa shape index (κ2) is 5.87. The van der Waals surface area contributed by atoms with Gasteiger partial charge in [-0.2, -0.15) is 0 Å². The van der Waals surface area contributed by atoms with Crippen molar-refractivity contribution < 1.29 is 9.47 Å². The maximum Gasteiger partial charge on any atom is 0.125 e. The molecule has 0 atom stereocenters. The fraction of sp³-hybridized carbons (Fsp3) is 0.294. The summed E-state index contributed by atoms with van der Waals surface area (Å²) in [6.45, 7) is 6.70. The summed E-state index contributed by atoms with van der Waals surface area (Å²) < 4.78 is 11.2. The number of nitrogens with two attached hydrogens (primary N) is 1. The zero-order valence-electron chi connectivity index (χ0n) is 12.5. The second-order valence-electron chi connectivity index (χ2n) is 5.13. The third-order valence-corrected chi connectivity index (χ3v) is 3.21. The van der Waals surface area contributed by atoms with Gasteiger partial charge in [0.1, 0.15) is 18.1 Å². The molecule has 0 spiro atoms.